The van der Waals surface area contributed by atoms with Crippen LogP contribution < -0.4 is 5.56 Å². The molecule has 4 nitrogen and oxygen atoms in total. The van der Waals surface area contributed by atoms with Gasteiger partial charge in [-0.2, -0.15) is 0 Å². The van der Waals surface area contributed by atoms with Crippen LogP contribution in [0.4, 0.5) is 0 Å². The summed E-state index contributed by atoms with van der Waals surface area (Å²) in [6, 6.07) is 0. The fourth-order valence-corrected chi connectivity index (χ4v) is 1.81. The molecule has 0 saturated carbocycles. The standard InChI is InChI=1S/C8H11N3OS/c1-11-3-2-6-5(4-11)7(12)10-8(13)9-6/h2-4H2,1H3,(H2,9,10,12,13). The van der Waals surface area contributed by atoms with Gasteiger partial charge in [0.05, 0.1) is 5.56 Å². The van der Waals surface area contributed by atoms with Crippen LogP contribution in [-0.4, -0.2) is 28.5 Å². The van der Waals surface area contributed by atoms with Crippen molar-refractivity contribution in [1.82, 2.24) is 14.9 Å². The Balaban J connectivity index is 2.60. The third-order valence-corrected chi connectivity index (χ3v) is 2.51. The normalized spacial score (nSPS) is 17.0. The van der Waals surface area contributed by atoms with Crippen molar-refractivity contribution in [3.8, 4) is 0 Å². The second-order valence-electron chi connectivity index (χ2n) is 3.35. The highest BCUT2D eigenvalue weighted by atomic mass is 32.1. The zero-order chi connectivity index (χ0) is 9.42. The van der Waals surface area contributed by atoms with E-state index in [2.05, 4.69) is 14.9 Å². The first kappa shape index (κ1) is 8.65. The summed E-state index contributed by atoms with van der Waals surface area (Å²) in [5, 5.41) is 0. The van der Waals surface area contributed by atoms with E-state index < -0.39 is 0 Å². The lowest BCUT2D eigenvalue weighted by Gasteiger charge is -2.23. The van der Waals surface area contributed by atoms with Crippen molar-refractivity contribution in [2.24, 2.45) is 0 Å². The number of rotatable bonds is 0. The number of likely N-dealkylation sites (N-methyl/N-ethyl adjacent to an activating group) is 1. The van der Waals surface area contributed by atoms with Crippen LogP contribution >= 0.6 is 12.2 Å². The zero-order valence-corrected chi connectivity index (χ0v) is 8.20. The minimum atomic E-state index is -0.0506. The van der Waals surface area contributed by atoms with Crippen LogP contribution in [0.2, 0.25) is 0 Å². The molecule has 2 rings (SSSR count). The van der Waals surface area contributed by atoms with Gasteiger partial charge in [0.1, 0.15) is 0 Å². The van der Waals surface area contributed by atoms with E-state index in [4.69, 9.17) is 12.2 Å². The van der Waals surface area contributed by atoms with Crippen molar-refractivity contribution in [1.29, 1.82) is 0 Å². The van der Waals surface area contributed by atoms with Gasteiger partial charge in [-0.25, -0.2) is 0 Å². The Morgan fingerprint density at radius 3 is 3.00 bits per heavy atom. The van der Waals surface area contributed by atoms with Crippen molar-refractivity contribution < 1.29 is 0 Å². The number of nitrogens with zero attached hydrogens (tertiary/aromatic N) is 1. The van der Waals surface area contributed by atoms with Gasteiger partial charge in [0, 0.05) is 25.2 Å². The SMILES string of the molecule is CN1CCc2[nH]c(=S)[nH]c(=O)c2C1. The summed E-state index contributed by atoms with van der Waals surface area (Å²) < 4.78 is 0.424. The minimum absolute atomic E-state index is 0.0506. The third-order valence-electron chi connectivity index (χ3n) is 2.30. The van der Waals surface area contributed by atoms with E-state index in [1.807, 2.05) is 7.05 Å². The van der Waals surface area contributed by atoms with Crippen molar-refractivity contribution in [2.45, 2.75) is 13.0 Å². The molecule has 5 heteroatoms. The highest BCUT2D eigenvalue weighted by Crippen LogP contribution is 2.10. The molecule has 13 heavy (non-hydrogen) atoms. The average molecular weight is 197 g/mol. The molecule has 1 aliphatic heterocycles. The van der Waals surface area contributed by atoms with E-state index in [0.717, 1.165) is 24.2 Å². The van der Waals surface area contributed by atoms with Crippen molar-refractivity contribution in [3.63, 3.8) is 0 Å². The van der Waals surface area contributed by atoms with Crippen LogP contribution in [0.15, 0.2) is 4.79 Å². The van der Waals surface area contributed by atoms with E-state index in [1.54, 1.807) is 0 Å². The number of hydrogen-bond donors (Lipinski definition) is 2. The van der Waals surface area contributed by atoms with Gasteiger partial charge in [-0.15, -0.1) is 0 Å². The van der Waals surface area contributed by atoms with E-state index in [9.17, 15) is 4.79 Å². The molecule has 0 spiro atoms. The van der Waals surface area contributed by atoms with Crippen LogP contribution in [0.25, 0.3) is 0 Å². The van der Waals surface area contributed by atoms with Crippen molar-refractivity contribution in [3.05, 3.63) is 26.4 Å². The second kappa shape index (κ2) is 3.08. The van der Waals surface area contributed by atoms with E-state index in [-0.39, 0.29) is 5.56 Å². The molecule has 0 fully saturated rings. The maximum Gasteiger partial charge on any atom is 0.256 e. The molecular weight excluding hydrogens is 186 g/mol. The maximum absolute atomic E-state index is 11.5. The number of aromatic nitrogens is 2. The zero-order valence-electron chi connectivity index (χ0n) is 7.39. The van der Waals surface area contributed by atoms with Gasteiger partial charge in [0.2, 0.25) is 0 Å². The number of hydrogen-bond acceptors (Lipinski definition) is 3. The molecule has 1 aliphatic rings. The number of H-pyrrole nitrogens is 2. The molecule has 70 valence electrons. The van der Waals surface area contributed by atoms with Crippen LogP contribution in [0.3, 0.4) is 0 Å². The predicted octanol–water partition coefficient (Wildman–Crippen LogP) is 0.420. The third kappa shape index (κ3) is 1.57. The van der Waals surface area contributed by atoms with Crippen LogP contribution in [-0.2, 0) is 13.0 Å². The Hall–Kier alpha value is -0.940. The van der Waals surface area contributed by atoms with Gasteiger partial charge in [-0.3, -0.25) is 9.78 Å². The molecule has 0 saturated heterocycles. The lowest BCUT2D eigenvalue weighted by molar-refractivity contribution is 0.307. The maximum atomic E-state index is 11.5. The van der Waals surface area contributed by atoms with Gasteiger partial charge >= 0.3 is 0 Å². The number of nitrogens with one attached hydrogen (secondary N) is 2. The first-order chi connectivity index (χ1) is 6.16. The molecule has 1 aromatic rings. The second-order valence-corrected chi connectivity index (χ2v) is 3.76. The number of aromatic amines is 2. The Labute approximate surface area is 80.6 Å². The van der Waals surface area contributed by atoms with Crippen LogP contribution in [0.1, 0.15) is 11.3 Å². The molecule has 0 atom stereocenters. The Kier molecular flexibility index (Phi) is 2.05. The van der Waals surface area contributed by atoms with Gasteiger partial charge in [0.15, 0.2) is 4.77 Å². The molecule has 0 unspecified atom stereocenters. The predicted molar refractivity (Wildman–Crippen MR) is 52.3 cm³/mol. The molecule has 0 aliphatic carbocycles. The summed E-state index contributed by atoms with van der Waals surface area (Å²) in [6.45, 7) is 1.68. The molecule has 0 bridgehead atoms. The summed E-state index contributed by atoms with van der Waals surface area (Å²) in [5.74, 6) is 0. The van der Waals surface area contributed by atoms with Crippen molar-refractivity contribution in [2.75, 3.05) is 13.6 Å². The lowest BCUT2D eigenvalue weighted by atomic mass is 10.1. The van der Waals surface area contributed by atoms with E-state index >= 15 is 0 Å². The smallest absolute Gasteiger partial charge is 0.256 e. The summed E-state index contributed by atoms with van der Waals surface area (Å²) >= 11 is 4.89. The van der Waals surface area contributed by atoms with E-state index in [0.29, 0.717) is 11.3 Å². The van der Waals surface area contributed by atoms with Crippen LogP contribution in [0, 0.1) is 4.77 Å². The summed E-state index contributed by atoms with van der Waals surface area (Å²) in [7, 11) is 2.00. The summed E-state index contributed by atoms with van der Waals surface area (Å²) in [5.41, 5.74) is 1.76. The van der Waals surface area contributed by atoms with Gasteiger partial charge in [-0.1, -0.05) is 0 Å². The average Bonchev–Trinajstić information content (AvgIpc) is 2.06. The molecule has 1 aromatic heterocycles. The Morgan fingerprint density at radius 2 is 2.23 bits per heavy atom. The fraction of sp³-hybridized carbons (Fsp3) is 0.500. The largest absolute Gasteiger partial charge is 0.335 e. The lowest BCUT2D eigenvalue weighted by Crippen LogP contribution is -2.32. The Morgan fingerprint density at radius 1 is 1.46 bits per heavy atom. The highest BCUT2D eigenvalue weighted by Gasteiger charge is 2.16. The topological polar surface area (TPSA) is 51.9 Å². The first-order valence-corrected chi connectivity index (χ1v) is 4.60. The van der Waals surface area contributed by atoms with Gasteiger partial charge < -0.3 is 9.88 Å². The van der Waals surface area contributed by atoms with Crippen molar-refractivity contribution >= 4 is 12.2 Å². The summed E-state index contributed by atoms with van der Waals surface area (Å²) in [4.78, 5) is 19.2. The van der Waals surface area contributed by atoms with E-state index in [1.165, 1.54) is 0 Å². The monoisotopic (exact) mass is 197 g/mol. The molecule has 0 amide bonds. The van der Waals surface area contributed by atoms with Gasteiger partial charge in [-0.05, 0) is 19.3 Å². The molecular formula is C8H11N3OS. The fourth-order valence-electron chi connectivity index (χ4n) is 1.59. The highest BCUT2D eigenvalue weighted by molar-refractivity contribution is 7.71. The van der Waals surface area contributed by atoms with Crippen LogP contribution in [0.5, 0.6) is 0 Å². The quantitative estimate of drug-likeness (QED) is 0.593. The molecule has 0 radical (unpaired) electrons. The molecule has 2 N–H and O–H groups in total. The first-order valence-electron chi connectivity index (χ1n) is 4.20. The number of fused-ring (bicyclic) bond motifs is 1. The Bertz CT molecular complexity index is 434. The molecule has 2 heterocycles. The van der Waals surface area contributed by atoms with Gasteiger partial charge in [0.25, 0.3) is 5.56 Å². The summed E-state index contributed by atoms with van der Waals surface area (Å²) in [6.07, 6.45) is 0.874. The molecule has 0 aromatic carbocycles. The minimum Gasteiger partial charge on any atom is -0.335 e.